The lowest BCUT2D eigenvalue weighted by Gasteiger charge is -2.40. The summed E-state index contributed by atoms with van der Waals surface area (Å²) in [6, 6.07) is 9.86. The van der Waals surface area contributed by atoms with Gasteiger partial charge in [-0.3, -0.25) is 0 Å². The number of halogens is 2. The second kappa shape index (κ2) is 3.19. The van der Waals surface area contributed by atoms with Crippen LogP contribution in [0, 0.1) is 0 Å². The maximum absolute atomic E-state index is 12.2. The Bertz CT molecular complexity index is 353. The molecule has 2 rings (SSSR count). The number of allylic oxidation sites excluding steroid dienone is 1. The number of hydrogen-bond donors (Lipinski definition) is 0. The monoisotopic (exact) mass is 194 g/mol. The minimum absolute atomic E-state index is 0.0694. The van der Waals surface area contributed by atoms with Gasteiger partial charge in [-0.2, -0.15) is 8.78 Å². The third kappa shape index (κ3) is 1.45. The van der Waals surface area contributed by atoms with Gasteiger partial charge in [-0.15, -0.1) is 0 Å². The molecule has 2 heteroatoms. The highest BCUT2D eigenvalue weighted by molar-refractivity contribution is 5.35. The van der Waals surface area contributed by atoms with E-state index in [0.717, 1.165) is 5.56 Å². The zero-order chi connectivity index (χ0) is 10.2. The van der Waals surface area contributed by atoms with E-state index in [0.29, 0.717) is 18.4 Å². The van der Waals surface area contributed by atoms with E-state index in [1.807, 2.05) is 37.3 Å². The normalized spacial score (nSPS) is 25.8. The maximum Gasteiger partial charge on any atom is 0.269 e. The Labute approximate surface area is 82.3 Å². The molecule has 1 fully saturated rings. The Hall–Kier alpha value is -1.18. The number of rotatable bonds is 1. The van der Waals surface area contributed by atoms with Gasteiger partial charge in [0.2, 0.25) is 0 Å². The molecule has 14 heavy (non-hydrogen) atoms. The molecule has 0 spiro atoms. The van der Waals surface area contributed by atoms with Gasteiger partial charge in [0.15, 0.2) is 0 Å². The molecule has 0 heterocycles. The molecule has 0 saturated heterocycles. The standard InChI is InChI=1S/C12H12F2/c1-12(7-9(8-12)11(13)14)10-5-3-2-4-6-10/h2-6H,7-8H2,1H3. The van der Waals surface area contributed by atoms with E-state index < -0.39 is 6.08 Å². The van der Waals surface area contributed by atoms with Crippen molar-refractivity contribution in [1.82, 2.24) is 0 Å². The number of hydrogen-bond acceptors (Lipinski definition) is 0. The molecular formula is C12H12F2. The van der Waals surface area contributed by atoms with Crippen LogP contribution in [0.1, 0.15) is 25.3 Å². The average Bonchev–Trinajstić information content (AvgIpc) is 2.14. The lowest BCUT2D eigenvalue weighted by molar-refractivity contribution is 0.312. The molecule has 1 aromatic rings. The summed E-state index contributed by atoms with van der Waals surface area (Å²) in [5.41, 5.74) is 1.40. The summed E-state index contributed by atoms with van der Waals surface area (Å²) < 4.78 is 24.4. The second-order valence-electron chi connectivity index (χ2n) is 4.14. The lowest BCUT2D eigenvalue weighted by Crippen LogP contribution is -2.33. The van der Waals surface area contributed by atoms with Crippen molar-refractivity contribution in [1.29, 1.82) is 0 Å². The summed E-state index contributed by atoms with van der Waals surface area (Å²) in [6.45, 7) is 2.04. The molecule has 0 bridgehead atoms. The predicted molar refractivity (Wildman–Crippen MR) is 52.3 cm³/mol. The Kier molecular flexibility index (Phi) is 2.14. The van der Waals surface area contributed by atoms with Gasteiger partial charge in [0, 0.05) is 5.41 Å². The van der Waals surface area contributed by atoms with Crippen molar-refractivity contribution < 1.29 is 8.78 Å². The SMILES string of the molecule is CC1(c2ccccc2)CC(=C(F)F)C1. The molecule has 1 aliphatic carbocycles. The number of benzene rings is 1. The van der Waals surface area contributed by atoms with Crippen LogP contribution in [0.2, 0.25) is 0 Å². The van der Waals surface area contributed by atoms with Crippen LogP contribution in [-0.2, 0) is 5.41 Å². The molecule has 0 radical (unpaired) electrons. The van der Waals surface area contributed by atoms with Crippen LogP contribution in [0.5, 0.6) is 0 Å². The third-order valence-corrected chi connectivity index (χ3v) is 2.95. The molecule has 0 N–H and O–H groups in total. The van der Waals surface area contributed by atoms with Crippen LogP contribution < -0.4 is 0 Å². The van der Waals surface area contributed by atoms with Crippen molar-refractivity contribution in [2.24, 2.45) is 0 Å². The summed E-state index contributed by atoms with van der Waals surface area (Å²) in [5, 5.41) is 0. The van der Waals surface area contributed by atoms with Gasteiger partial charge >= 0.3 is 0 Å². The lowest BCUT2D eigenvalue weighted by atomic mass is 9.63. The van der Waals surface area contributed by atoms with Crippen molar-refractivity contribution >= 4 is 0 Å². The van der Waals surface area contributed by atoms with Crippen molar-refractivity contribution in [3.8, 4) is 0 Å². The van der Waals surface area contributed by atoms with Crippen LogP contribution in [0.3, 0.4) is 0 Å². The van der Waals surface area contributed by atoms with Crippen molar-refractivity contribution in [2.75, 3.05) is 0 Å². The Morgan fingerprint density at radius 1 is 1.14 bits per heavy atom. The summed E-state index contributed by atoms with van der Waals surface area (Å²) in [5.74, 6) is 0. The summed E-state index contributed by atoms with van der Waals surface area (Å²) >= 11 is 0. The van der Waals surface area contributed by atoms with Gasteiger partial charge in [-0.25, -0.2) is 0 Å². The topological polar surface area (TPSA) is 0 Å². The molecule has 1 saturated carbocycles. The first-order valence-corrected chi connectivity index (χ1v) is 4.70. The van der Waals surface area contributed by atoms with Gasteiger partial charge in [-0.1, -0.05) is 37.3 Å². The van der Waals surface area contributed by atoms with Crippen molar-refractivity contribution in [2.45, 2.75) is 25.2 Å². The molecule has 1 aromatic carbocycles. The summed E-state index contributed by atoms with van der Waals surface area (Å²) in [4.78, 5) is 0. The van der Waals surface area contributed by atoms with Crippen LogP contribution in [0.25, 0.3) is 0 Å². The Morgan fingerprint density at radius 2 is 1.71 bits per heavy atom. The molecular weight excluding hydrogens is 182 g/mol. The highest BCUT2D eigenvalue weighted by atomic mass is 19.3. The zero-order valence-corrected chi connectivity index (χ0v) is 8.06. The van der Waals surface area contributed by atoms with E-state index in [1.54, 1.807) is 0 Å². The van der Waals surface area contributed by atoms with Gasteiger partial charge in [0.1, 0.15) is 0 Å². The smallest absolute Gasteiger partial charge is 0.173 e. The summed E-state index contributed by atoms with van der Waals surface area (Å²) in [6.07, 6.45) is -0.489. The molecule has 0 atom stereocenters. The molecule has 1 aliphatic rings. The first-order chi connectivity index (χ1) is 6.62. The predicted octanol–water partition coefficient (Wildman–Crippen LogP) is 3.89. The van der Waals surface area contributed by atoms with E-state index in [4.69, 9.17) is 0 Å². The molecule has 0 aliphatic heterocycles. The van der Waals surface area contributed by atoms with E-state index in [9.17, 15) is 8.78 Å². The van der Waals surface area contributed by atoms with Crippen molar-refractivity contribution in [3.05, 3.63) is 47.5 Å². The minimum Gasteiger partial charge on any atom is -0.173 e. The molecule has 0 aromatic heterocycles. The average molecular weight is 194 g/mol. The molecule has 0 unspecified atom stereocenters. The fourth-order valence-corrected chi connectivity index (χ4v) is 2.07. The fourth-order valence-electron chi connectivity index (χ4n) is 2.07. The van der Waals surface area contributed by atoms with Gasteiger partial charge in [0.25, 0.3) is 6.08 Å². The zero-order valence-electron chi connectivity index (χ0n) is 8.06. The van der Waals surface area contributed by atoms with Gasteiger partial charge in [0.05, 0.1) is 0 Å². The first kappa shape index (κ1) is 9.38. The van der Waals surface area contributed by atoms with E-state index in [1.165, 1.54) is 0 Å². The van der Waals surface area contributed by atoms with Gasteiger partial charge < -0.3 is 0 Å². The van der Waals surface area contributed by atoms with Crippen LogP contribution >= 0.6 is 0 Å². The quantitative estimate of drug-likeness (QED) is 0.636. The van der Waals surface area contributed by atoms with E-state index in [2.05, 4.69) is 0 Å². The molecule has 74 valence electrons. The first-order valence-electron chi connectivity index (χ1n) is 4.70. The van der Waals surface area contributed by atoms with E-state index >= 15 is 0 Å². The minimum atomic E-state index is -1.49. The fraction of sp³-hybridized carbons (Fsp3) is 0.333. The van der Waals surface area contributed by atoms with Crippen LogP contribution in [-0.4, -0.2) is 0 Å². The Balaban J connectivity index is 2.20. The highest BCUT2D eigenvalue weighted by Gasteiger charge is 2.39. The molecule has 0 amide bonds. The largest absolute Gasteiger partial charge is 0.269 e. The van der Waals surface area contributed by atoms with E-state index in [-0.39, 0.29) is 5.41 Å². The Morgan fingerprint density at radius 3 is 2.21 bits per heavy atom. The van der Waals surface area contributed by atoms with Crippen LogP contribution in [0.4, 0.5) is 8.78 Å². The third-order valence-electron chi connectivity index (χ3n) is 2.95. The highest BCUT2D eigenvalue weighted by Crippen LogP contribution is 2.48. The second-order valence-corrected chi connectivity index (χ2v) is 4.14. The molecule has 0 nitrogen and oxygen atoms in total. The van der Waals surface area contributed by atoms with Crippen molar-refractivity contribution in [3.63, 3.8) is 0 Å². The maximum atomic E-state index is 12.2. The van der Waals surface area contributed by atoms with Gasteiger partial charge in [-0.05, 0) is 24.0 Å². The summed E-state index contributed by atoms with van der Waals surface area (Å²) in [7, 11) is 0. The van der Waals surface area contributed by atoms with Crippen LogP contribution in [0.15, 0.2) is 42.0 Å².